The summed E-state index contributed by atoms with van der Waals surface area (Å²) in [7, 11) is 0. The second kappa shape index (κ2) is 4.03. The minimum Gasteiger partial charge on any atom is -0.237 e. The summed E-state index contributed by atoms with van der Waals surface area (Å²) in [6.45, 7) is 0. The van der Waals surface area contributed by atoms with Crippen molar-refractivity contribution in [2.45, 2.75) is 0 Å². The van der Waals surface area contributed by atoms with Crippen LogP contribution < -0.4 is 0 Å². The van der Waals surface area contributed by atoms with Gasteiger partial charge in [0.25, 0.3) is 0 Å². The molecule has 2 aromatic heterocycles. The Hall–Kier alpha value is -1.13. The third kappa shape index (κ3) is 1.72. The topological polar surface area (TPSA) is 30.7 Å². The molecule has 0 unspecified atom stereocenters. The zero-order valence-corrected chi connectivity index (χ0v) is 7.26. The van der Waals surface area contributed by atoms with Gasteiger partial charge >= 0.3 is 16.8 Å². The molecule has 0 aliphatic carbocycles. The van der Waals surface area contributed by atoms with E-state index in [0.717, 1.165) is 5.82 Å². The molecular weight excluding hydrogens is 197 g/mol. The van der Waals surface area contributed by atoms with Gasteiger partial charge in [-0.15, -0.1) is 0 Å². The van der Waals surface area contributed by atoms with Crippen LogP contribution in [0.15, 0.2) is 42.9 Å². The van der Waals surface area contributed by atoms with Crippen LogP contribution in [0.2, 0.25) is 0 Å². The summed E-state index contributed by atoms with van der Waals surface area (Å²) >= 11 is 0. The Morgan fingerprint density at radius 1 is 1.08 bits per heavy atom. The SMILES string of the molecule is [Co+3].c1ccc(-n2cccn2)nc1. The van der Waals surface area contributed by atoms with Crippen molar-refractivity contribution < 1.29 is 16.8 Å². The average molecular weight is 204 g/mol. The molecule has 0 spiro atoms. The first-order valence-corrected chi connectivity index (χ1v) is 3.38. The van der Waals surface area contributed by atoms with E-state index in [1.165, 1.54) is 0 Å². The molecule has 0 fully saturated rings. The quantitative estimate of drug-likeness (QED) is 0.700. The van der Waals surface area contributed by atoms with Crippen LogP contribution in [0.25, 0.3) is 5.82 Å². The maximum Gasteiger partial charge on any atom is 3.00 e. The van der Waals surface area contributed by atoms with Gasteiger partial charge in [-0.05, 0) is 18.2 Å². The molecule has 0 atom stereocenters. The predicted molar refractivity (Wildman–Crippen MR) is 41.4 cm³/mol. The Balaban J connectivity index is 0.000000720. The summed E-state index contributed by atoms with van der Waals surface area (Å²) in [5.41, 5.74) is 0. The molecule has 0 aliphatic rings. The summed E-state index contributed by atoms with van der Waals surface area (Å²) in [5, 5.41) is 4.04. The minimum atomic E-state index is 0. The third-order valence-electron chi connectivity index (χ3n) is 1.39. The van der Waals surface area contributed by atoms with Gasteiger partial charge in [-0.3, -0.25) is 0 Å². The third-order valence-corrected chi connectivity index (χ3v) is 1.39. The molecule has 0 aliphatic heterocycles. The van der Waals surface area contributed by atoms with Gasteiger partial charge < -0.3 is 0 Å². The van der Waals surface area contributed by atoms with Crippen LogP contribution in [0.5, 0.6) is 0 Å². The first kappa shape index (κ1) is 8.96. The number of nitrogens with zero attached hydrogens (tertiary/aromatic N) is 3. The summed E-state index contributed by atoms with van der Waals surface area (Å²) in [6.07, 6.45) is 5.34. The van der Waals surface area contributed by atoms with E-state index < -0.39 is 0 Å². The molecule has 60 valence electrons. The van der Waals surface area contributed by atoms with E-state index in [9.17, 15) is 0 Å². The van der Waals surface area contributed by atoms with Gasteiger partial charge in [0.2, 0.25) is 0 Å². The molecule has 2 heterocycles. The number of aromatic nitrogens is 3. The molecule has 2 rings (SSSR count). The van der Waals surface area contributed by atoms with Crippen LogP contribution in [-0.2, 0) is 16.8 Å². The van der Waals surface area contributed by atoms with Crippen molar-refractivity contribution in [3.63, 3.8) is 0 Å². The van der Waals surface area contributed by atoms with E-state index in [1.54, 1.807) is 17.1 Å². The van der Waals surface area contributed by atoms with Crippen LogP contribution in [0.1, 0.15) is 0 Å². The minimum absolute atomic E-state index is 0. The Morgan fingerprint density at radius 2 is 2.00 bits per heavy atom. The van der Waals surface area contributed by atoms with Crippen LogP contribution in [0.3, 0.4) is 0 Å². The second-order valence-corrected chi connectivity index (χ2v) is 2.14. The number of pyridine rings is 1. The maximum absolute atomic E-state index is 4.12. The van der Waals surface area contributed by atoms with Gasteiger partial charge in [0.15, 0.2) is 5.82 Å². The molecule has 0 bridgehead atoms. The Morgan fingerprint density at radius 3 is 2.58 bits per heavy atom. The van der Waals surface area contributed by atoms with Crippen molar-refractivity contribution in [3.05, 3.63) is 42.9 Å². The molecule has 4 heteroatoms. The van der Waals surface area contributed by atoms with Gasteiger partial charge in [-0.2, -0.15) is 5.10 Å². The first-order chi connectivity index (χ1) is 5.47. The molecular formula is C8H7CoN3+3. The van der Waals surface area contributed by atoms with Gasteiger partial charge in [-0.25, -0.2) is 9.67 Å². The summed E-state index contributed by atoms with van der Waals surface area (Å²) in [6, 6.07) is 7.60. The number of hydrogen-bond donors (Lipinski definition) is 0. The van der Waals surface area contributed by atoms with E-state index in [-0.39, 0.29) is 16.8 Å². The Labute approximate surface area is 80.6 Å². The zero-order valence-electron chi connectivity index (χ0n) is 6.22. The van der Waals surface area contributed by atoms with E-state index in [1.807, 2.05) is 30.5 Å². The van der Waals surface area contributed by atoms with Crippen LogP contribution in [0.4, 0.5) is 0 Å². The summed E-state index contributed by atoms with van der Waals surface area (Å²) in [5.74, 6) is 0.845. The van der Waals surface area contributed by atoms with E-state index in [2.05, 4.69) is 10.1 Å². The van der Waals surface area contributed by atoms with Crippen LogP contribution in [0, 0.1) is 0 Å². The molecule has 0 radical (unpaired) electrons. The van der Waals surface area contributed by atoms with Gasteiger partial charge in [0, 0.05) is 18.6 Å². The van der Waals surface area contributed by atoms with E-state index in [0.29, 0.717) is 0 Å². The number of rotatable bonds is 1. The van der Waals surface area contributed by atoms with Crippen LogP contribution >= 0.6 is 0 Å². The Kier molecular flexibility index (Phi) is 3.01. The molecule has 3 nitrogen and oxygen atoms in total. The van der Waals surface area contributed by atoms with Crippen molar-refractivity contribution in [1.82, 2.24) is 14.8 Å². The van der Waals surface area contributed by atoms with Crippen molar-refractivity contribution in [3.8, 4) is 5.82 Å². The molecule has 0 saturated heterocycles. The second-order valence-electron chi connectivity index (χ2n) is 2.14. The Bertz CT molecular complexity index is 317. The largest absolute Gasteiger partial charge is 3.00 e. The van der Waals surface area contributed by atoms with Crippen molar-refractivity contribution in [2.24, 2.45) is 0 Å². The van der Waals surface area contributed by atoms with Crippen molar-refractivity contribution >= 4 is 0 Å². The van der Waals surface area contributed by atoms with Crippen LogP contribution in [-0.4, -0.2) is 14.8 Å². The summed E-state index contributed by atoms with van der Waals surface area (Å²) < 4.78 is 1.72. The fourth-order valence-electron chi connectivity index (χ4n) is 0.894. The fourth-order valence-corrected chi connectivity index (χ4v) is 0.894. The molecule has 0 saturated carbocycles. The van der Waals surface area contributed by atoms with Crippen molar-refractivity contribution in [1.29, 1.82) is 0 Å². The molecule has 2 aromatic rings. The van der Waals surface area contributed by atoms with Gasteiger partial charge in [0.05, 0.1) is 0 Å². The maximum atomic E-state index is 4.12. The molecule has 0 aromatic carbocycles. The number of hydrogen-bond acceptors (Lipinski definition) is 2. The standard InChI is InChI=1S/C8H7N3.Co/c1-2-5-9-8(4-1)11-7-3-6-10-11;/h1-7H;/q;+3. The normalized spacial score (nSPS) is 9.00. The van der Waals surface area contributed by atoms with E-state index >= 15 is 0 Å². The smallest absolute Gasteiger partial charge is 0.237 e. The zero-order chi connectivity index (χ0) is 7.52. The van der Waals surface area contributed by atoms with Gasteiger partial charge in [0.1, 0.15) is 0 Å². The first-order valence-electron chi connectivity index (χ1n) is 3.38. The van der Waals surface area contributed by atoms with Gasteiger partial charge in [-0.1, -0.05) is 6.07 Å². The average Bonchev–Trinajstić information content (AvgIpc) is 2.58. The van der Waals surface area contributed by atoms with E-state index in [4.69, 9.17) is 0 Å². The molecule has 12 heavy (non-hydrogen) atoms. The molecule has 0 amide bonds. The summed E-state index contributed by atoms with van der Waals surface area (Å²) in [4.78, 5) is 4.12. The fraction of sp³-hybridized carbons (Fsp3) is 0. The monoisotopic (exact) mass is 204 g/mol. The molecule has 0 N–H and O–H groups in total. The predicted octanol–water partition coefficient (Wildman–Crippen LogP) is 1.26. The van der Waals surface area contributed by atoms with Crippen molar-refractivity contribution in [2.75, 3.05) is 0 Å².